The van der Waals surface area contributed by atoms with Gasteiger partial charge in [0, 0.05) is 18.6 Å². The third kappa shape index (κ3) is 3.45. The van der Waals surface area contributed by atoms with Crippen molar-refractivity contribution in [3.05, 3.63) is 0 Å². The van der Waals surface area contributed by atoms with E-state index in [9.17, 15) is 0 Å². The molecular weight excluding hydrogens is 208 g/mol. The van der Waals surface area contributed by atoms with Crippen LogP contribution in [0.25, 0.3) is 0 Å². The Kier molecular flexibility index (Phi) is 4.87. The van der Waals surface area contributed by atoms with Gasteiger partial charge in [0.15, 0.2) is 0 Å². The van der Waals surface area contributed by atoms with Gasteiger partial charge < -0.3 is 10.6 Å². The molecule has 0 radical (unpaired) electrons. The van der Waals surface area contributed by atoms with Gasteiger partial charge in [0.25, 0.3) is 0 Å². The molecule has 2 aliphatic rings. The van der Waals surface area contributed by atoms with E-state index in [1.165, 1.54) is 57.9 Å². The lowest BCUT2D eigenvalue weighted by molar-refractivity contribution is 0.144. The number of hydrogen-bond acceptors (Lipinski definition) is 2. The Labute approximate surface area is 107 Å². The molecule has 0 aromatic carbocycles. The lowest BCUT2D eigenvalue weighted by atomic mass is 9.77. The molecule has 0 spiro atoms. The van der Waals surface area contributed by atoms with E-state index in [2.05, 4.69) is 18.9 Å². The average molecular weight is 238 g/mol. The van der Waals surface area contributed by atoms with Gasteiger partial charge in [-0.25, -0.2) is 0 Å². The summed E-state index contributed by atoms with van der Waals surface area (Å²) in [6.07, 6.45) is 11.0. The van der Waals surface area contributed by atoms with E-state index in [0.29, 0.717) is 6.04 Å². The second-order valence-electron chi connectivity index (χ2n) is 6.39. The zero-order valence-corrected chi connectivity index (χ0v) is 11.7. The maximum absolute atomic E-state index is 6.32. The van der Waals surface area contributed by atoms with Gasteiger partial charge >= 0.3 is 0 Å². The van der Waals surface area contributed by atoms with Crippen molar-refractivity contribution >= 4 is 0 Å². The number of rotatable bonds is 4. The zero-order chi connectivity index (χ0) is 12.3. The van der Waals surface area contributed by atoms with Gasteiger partial charge in [-0.15, -0.1) is 0 Å². The highest BCUT2D eigenvalue weighted by atomic mass is 15.1. The predicted molar refractivity (Wildman–Crippen MR) is 74.0 cm³/mol. The standard InChI is InChI=1S/C15H30N2/c1-3-12-8-9-15(16)13(10-12)11-17(2)14-6-4-5-7-14/h12-15H,3-11,16H2,1-2H3. The molecular formula is C15H30N2. The first-order valence-electron chi connectivity index (χ1n) is 7.66. The Bertz CT molecular complexity index is 223. The van der Waals surface area contributed by atoms with Crippen molar-refractivity contribution in [3.8, 4) is 0 Å². The molecule has 3 unspecified atom stereocenters. The molecule has 2 N–H and O–H groups in total. The maximum Gasteiger partial charge on any atom is 0.00923 e. The van der Waals surface area contributed by atoms with Gasteiger partial charge in [0.05, 0.1) is 0 Å². The molecule has 0 aliphatic heterocycles. The molecule has 3 atom stereocenters. The SMILES string of the molecule is CCC1CCC(N)C(CN(C)C2CCCC2)C1. The predicted octanol–water partition coefficient (Wildman–Crippen LogP) is 3.01. The molecule has 2 heteroatoms. The summed E-state index contributed by atoms with van der Waals surface area (Å²) in [6, 6.07) is 1.31. The number of nitrogens with two attached hydrogens (primary N) is 1. The molecule has 2 aliphatic carbocycles. The minimum absolute atomic E-state index is 0.460. The molecule has 2 fully saturated rings. The molecule has 0 heterocycles. The summed E-state index contributed by atoms with van der Waals surface area (Å²) in [5.41, 5.74) is 6.32. The number of hydrogen-bond donors (Lipinski definition) is 1. The summed E-state index contributed by atoms with van der Waals surface area (Å²) >= 11 is 0. The third-order valence-corrected chi connectivity index (χ3v) is 5.20. The van der Waals surface area contributed by atoms with Gasteiger partial charge in [-0.2, -0.15) is 0 Å². The van der Waals surface area contributed by atoms with Crippen molar-refractivity contribution in [2.75, 3.05) is 13.6 Å². The molecule has 0 aromatic rings. The van der Waals surface area contributed by atoms with E-state index in [1.54, 1.807) is 0 Å². The minimum atomic E-state index is 0.460. The van der Waals surface area contributed by atoms with Crippen LogP contribution in [0.3, 0.4) is 0 Å². The smallest absolute Gasteiger partial charge is 0.00923 e. The Morgan fingerprint density at radius 3 is 2.47 bits per heavy atom. The summed E-state index contributed by atoms with van der Waals surface area (Å²) in [7, 11) is 2.32. The van der Waals surface area contributed by atoms with Crippen LogP contribution in [-0.2, 0) is 0 Å². The fraction of sp³-hybridized carbons (Fsp3) is 1.00. The van der Waals surface area contributed by atoms with Crippen LogP contribution >= 0.6 is 0 Å². The van der Waals surface area contributed by atoms with Crippen LogP contribution in [0.4, 0.5) is 0 Å². The molecule has 0 amide bonds. The lowest BCUT2D eigenvalue weighted by Gasteiger charge is -2.37. The summed E-state index contributed by atoms with van der Waals surface area (Å²) in [5, 5.41) is 0. The van der Waals surface area contributed by atoms with E-state index >= 15 is 0 Å². The highest BCUT2D eigenvalue weighted by Gasteiger charge is 2.30. The van der Waals surface area contributed by atoms with Crippen molar-refractivity contribution in [1.29, 1.82) is 0 Å². The first kappa shape index (κ1) is 13.4. The molecule has 2 rings (SSSR count). The Morgan fingerprint density at radius 1 is 1.12 bits per heavy atom. The Morgan fingerprint density at radius 2 is 1.82 bits per heavy atom. The van der Waals surface area contributed by atoms with Crippen LogP contribution in [0.15, 0.2) is 0 Å². The van der Waals surface area contributed by atoms with Crippen molar-refractivity contribution < 1.29 is 0 Å². The van der Waals surface area contributed by atoms with E-state index in [0.717, 1.165) is 17.9 Å². The molecule has 2 saturated carbocycles. The molecule has 0 bridgehead atoms. The summed E-state index contributed by atoms with van der Waals surface area (Å²) in [4.78, 5) is 2.61. The van der Waals surface area contributed by atoms with Crippen LogP contribution in [0.5, 0.6) is 0 Å². The highest BCUT2D eigenvalue weighted by Crippen LogP contribution is 2.32. The van der Waals surface area contributed by atoms with E-state index in [-0.39, 0.29) is 0 Å². The van der Waals surface area contributed by atoms with Gasteiger partial charge in [-0.05, 0) is 51.0 Å². The first-order valence-corrected chi connectivity index (χ1v) is 7.66. The molecule has 0 aromatic heterocycles. The molecule has 100 valence electrons. The van der Waals surface area contributed by atoms with Gasteiger partial charge in [0.2, 0.25) is 0 Å². The van der Waals surface area contributed by atoms with E-state index in [4.69, 9.17) is 5.73 Å². The highest BCUT2D eigenvalue weighted by molar-refractivity contribution is 4.86. The fourth-order valence-corrected chi connectivity index (χ4v) is 3.83. The van der Waals surface area contributed by atoms with Crippen molar-refractivity contribution in [3.63, 3.8) is 0 Å². The second kappa shape index (κ2) is 6.19. The molecule has 0 saturated heterocycles. The lowest BCUT2D eigenvalue weighted by Crippen LogP contribution is -2.44. The van der Waals surface area contributed by atoms with Gasteiger partial charge in [-0.3, -0.25) is 0 Å². The van der Waals surface area contributed by atoms with E-state index < -0.39 is 0 Å². The van der Waals surface area contributed by atoms with Crippen LogP contribution in [-0.4, -0.2) is 30.6 Å². The maximum atomic E-state index is 6.32. The second-order valence-corrected chi connectivity index (χ2v) is 6.39. The van der Waals surface area contributed by atoms with E-state index in [1.807, 2.05) is 0 Å². The Hall–Kier alpha value is -0.0800. The van der Waals surface area contributed by atoms with Gasteiger partial charge in [0.1, 0.15) is 0 Å². The zero-order valence-electron chi connectivity index (χ0n) is 11.7. The minimum Gasteiger partial charge on any atom is -0.327 e. The summed E-state index contributed by atoms with van der Waals surface area (Å²) in [6.45, 7) is 3.57. The van der Waals surface area contributed by atoms with Crippen molar-refractivity contribution in [1.82, 2.24) is 4.90 Å². The topological polar surface area (TPSA) is 29.3 Å². The van der Waals surface area contributed by atoms with Crippen LogP contribution in [0.1, 0.15) is 58.3 Å². The van der Waals surface area contributed by atoms with Crippen LogP contribution in [0, 0.1) is 11.8 Å². The quantitative estimate of drug-likeness (QED) is 0.816. The Balaban J connectivity index is 1.82. The van der Waals surface area contributed by atoms with Crippen LogP contribution < -0.4 is 5.73 Å². The number of nitrogens with zero attached hydrogens (tertiary/aromatic N) is 1. The van der Waals surface area contributed by atoms with Crippen molar-refractivity contribution in [2.45, 2.75) is 70.4 Å². The first-order chi connectivity index (χ1) is 8.20. The fourth-order valence-electron chi connectivity index (χ4n) is 3.83. The van der Waals surface area contributed by atoms with Crippen LogP contribution in [0.2, 0.25) is 0 Å². The third-order valence-electron chi connectivity index (χ3n) is 5.20. The monoisotopic (exact) mass is 238 g/mol. The van der Waals surface area contributed by atoms with Gasteiger partial charge in [-0.1, -0.05) is 26.2 Å². The normalized spacial score (nSPS) is 35.6. The molecule has 2 nitrogen and oxygen atoms in total. The summed E-state index contributed by atoms with van der Waals surface area (Å²) < 4.78 is 0. The largest absolute Gasteiger partial charge is 0.327 e. The summed E-state index contributed by atoms with van der Waals surface area (Å²) in [5.74, 6) is 1.69. The molecule has 17 heavy (non-hydrogen) atoms. The average Bonchev–Trinajstić information content (AvgIpc) is 2.85. The van der Waals surface area contributed by atoms with Crippen molar-refractivity contribution in [2.24, 2.45) is 17.6 Å².